The summed E-state index contributed by atoms with van der Waals surface area (Å²) in [4.78, 5) is 11.8. The Labute approximate surface area is 101 Å². The van der Waals surface area contributed by atoms with E-state index in [4.69, 9.17) is 0 Å². The number of fused-ring (bicyclic) bond motifs is 1. The van der Waals surface area contributed by atoms with Gasteiger partial charge in [-0.15, -0.1) is 0 Å². The lowest BCUT2D eigenvalue weighted by atomic mass is 10.2. The molecule has 2 rings (SSSR count). The fourth-order valence-corrected chi connectivity index (χ4v) is 1.89. The van der Waals surface area contributed by atoms with Crippen LogP contribution in [-0.4, -0.2) is 34.6 Å². The number of nitrogens with zero attached hydrogens (tertiary/aromatic N) is 2. The summed E-state index contributed by atoms with van der Waals surface area (Å²) in [5.41, 5.74) is 3.04. The Kier molecular flexibility index (Phi) is 3.71. The fourth-order valence-electron chi connectivity index (χ4n) is 1.89. The van der Waals surface area contributed by atoms with Crippen LogP contribution in [0.5, 0.6) is 0 Å². The fraction of sp³-hybridized carbons (Fsp3) is 0.500. The SMILES string of the molecule is CNCC(C)NCc1ccnc2nc(C)[nH]c12. The first kappa shape index (κ1) is 12.0. The van der Waals surface area contributed by atoms with Crippen molar-refractivity contribution in [3.63, 3.8) is 0 Å². The van der Waals surface area contributed by atoms with E-state index in [-0.39, 0.29) is 0 Å². The lowest BCUT2D eigenvalue weighted by Gasteiger charge is -2.13. The lowest BCUT2D eigenvalue weighted by molar-refractivity contribution is 0.524. The van der Waals surface area contributed by atoms with Crippen LogP contribution in [0.1, 0.15) is 18.3 Å². The van der Waals surface area contributed by atoms with E-state index in [1.165, 1.54) is 5.56 Å². The number of pyridine rings is 1. The highest BCUT2D eigenvalue weighted by Crippen LogP contribution is 2.13. The van der Waals surface area contributed by atoms with Crippen molar-refractivity contribution in [2.75, 3.05) is 13.6 Å². The molecule has 3 N–H and O–H groups in total. The topological polar surface area (TPSA) is 65.6 Å². The minimum Gasteiger partial charge on any atom is -0.341 e. The van der Waals surface area contributed by atoms with Crippen LogP contribution in [0.15, 0.2) is 12.3 Å². The van der Waals surface area contributed by atoms with Crippen molar-refractivity contribution in [3.8, 4) is 0 Å². The Morgan fingerprint density at radius 1 is 1.47 bits per heavy atom. The molecule has 5 heteroatoms. The van der Waals surface area contributed by atoms with Gasteiger partial charge in [-0.25, -0.2) is 9.97 Å². The first-order chi connectivity index (χ1) is 8.20. The third-order valence-corrected chi connectivity index (χ3v) is 2.75. The van der Waals surface area contributed by atoms with Crippen molar-refractivity contribution in [3.05, 3.63) is 23.7 Å². The van der Waals surface area contributed by atoms with Crippen LogP contribution in [0.4, 0.5) is 0 Å². The van der Waals surface area contributed by atoms with Crippen molar-refractivity contribution in [2.45, 2.75) is 26.4 Å². The van der Waals surface area contributed by atoms with Crippen LogP contribution in [-0.2, 0) is 6.54 Å². The zero-order valence-electron chi connectivity index (χ0n) is 10.5. The average Bonchev–Trinajstić information content (AvgIpc) is 2.67. The van der Waals surface area contributed by atoms with Crippen molar-refractivity contribution in [1.82, 2.24) is 25.6 Å². The zero-order chi connectivity index (χ0) is 12.3. The number of nitrogens with one attached hydrogen (secondary N) is 3. The van der Waals surface area contributed by atoms with Gasteiger partial charge in [-0.1, -0.05) is 0 Å². The monoisotopic (exact) mass is 233 g/mol. The van der Waals surface area contributed by atoms with Gasteiger partial charge in [0, 0.05) is 25.3 Å². The highest BCUT2D eigenvalue weighted by Gasteiger charge is 2.07. The van der Waals surface area contributed by atoms with Crippen molar-refractivity contribution < 1.29 is 0 Å². The van der Waals surface area contributed by atoms with Gasteiger partial charge in [-0.2, -0.15) is 0 Å². The van der Waals surface area contributed by atoms with Crippen LogP contribution in [0, 0.1) is 6.92 Å². The molecule has 0 aliphatic heterocycles. The second-order valence-corrected chi connectivity index (χ2v) is 4.33. The van der Waals surface area contributed by atoms with Crippen molar-refractivity contribution in [1.29, 1.82) is 0 Å². The normalized spacial score (nSPS) is 13.1. The number of aryl methyl sites for hydroxylation is 1. The second kappa shape index (κ2) is 5.25. The molecule has 0 radical (unpaired) electrons. The molecule has 2 aromatic heterocycles. The summed E-state index contributed by atoms with van der Waals surface area (Å²) >= 11 is 0. The second-order valence-electron chi connectivity index (χ2n) is 4.33. The number of aromatic amines is 1. The van der Waals surface area contributed by atoms with E-state index in [2.05, 4.69) is 32.5 Å². The van der Waals surface area contributed by atoms with Gasteiger partial charge in [0.2, 0.25) is 0 Å². The number of hydrogen-bond acceptors (Lipinski definition) is 4. The molecular formula is C12H19N5. The molecule has 0 bridgehead atoms. The number of hydrogen-bond donors (Lipinski definition) is 3. The molecule has 0 fully saturated rings. The van der Waals surface area contributed by atoms with Gasteiger partial charge in [0.05, 0.1) is 5.52 Å². The number of imidazole rings is 1. The number of likely N-dealkylation sites (N-methyl/N-ethyl adjacent to an activating group) is 1. The van der Waals surface area contributed by atoms with Crippen LogP contribution in [0.25, 0.3) is 11.2 Å². The molecule has 0 spiro atoms. The Balaban J connectivity index is 2.12. The van der Waals surface area contributed by atoms with E-state index in [0.717, 1.165) is 30.1 Å². The molecule has 2 aromatic rings. The van der Waals surface area contributed by atoms with E-state index >= 15 is 0 Å². The maximum Gasteiger partial charge on any atom is 0.177 e. The van der Waals surface area contributed by atoms with Gasteiger partial charge in [0.1, 0.15) is 5.82 Å². The van der Waals surface area contributed by atoms with Gasteiger partial charge in [-0.3, -0.25) is 0 Å². The lowest BCUT2D eigenvalue weighted by Crippen LogP contribution is -2.34. The largest absolute Gasteiger partial charge is 0.341 e. The summed E-state index contributed by atoms with van der Waals surface area (Å²) in [6.45, 7) is 5.88. The van der Waals surface area contributed by atoms with Gasteiger partial charge in [0.15, 0.2) is 5.65 Å². The summed E-state index contributed by atoms with van der Waals surface area (Å²) in [6, 6.07) is 2.46. The first-order valence-electron chi connectivity index (χ1n) is 5.89. The molecule has 0 aromatic carbocycles. The van der Waals surface area contributed by atoms with Gasteiger partial charge < -0.3 is 15.6 Å². The van der Waals surface area contributed by atoms with E-state index in [0.29, 0.717) is 6.04 Å². The minimum absolute atomic E-state index is 0.437. The number of aromatic nitrogens is 3. The molecule has 0 aliphatic carbocycles. The first-order valence-corrected chi connectivity index (χ1v) is 5.89. The molecule has 1 atom stereocenters. The maximum atomic E-state index is 4.33. The predicted octanol–water partition coefficient (Wildman–Crippen LogP) is 0.964. The van der Waals surface area contributed by atoms with Crippen LogP contribution in [0.2, 0.25) is 0 Å². The van der Waals surface area contributed by atoms with Crippen molar-refractivity contribution >= 4 is 11.2 Å². The quantitative estimate of drug-likeness (QED) is 0.720. The Morgan fingerprint density at radius 3 is 3.06 bits per heavy atom. The predicted molar refractivity (Wildman–Crippen MR) is 68.9 cm³/mol. The maximum absolute atomic E-state index is 4.33. The van der Waals surface area contributed by atoms with Crippen LogP contribution in [0.3, 0.4) is 0 Å². The van der Waals surface area contributed by atoms with Crippen molar-refractivity contribution in [2.24, 2.45) is 0 Å². The standard InChI is InChI=1S/C12H19N5/c1-8(6-13-3)15-7-10-4-5-14-12-11(10)16-9(2)17-12/h4-5,8,13,15H,6-7H2,1-3H3,(H,14,16,17). The smallest absolute Gasteiger partial charge is 0.177 e. The average molecular weight is 233 g/mol. The Morgan fingerprint density at radius 2 is 2.29 bits per heavy atom. The number of H-pyrrole nitrogens is 1. The molecule has 0 saturated heterocycles. The molecular weight excluding hydrogens is 214 g/mol. The third-order valence-electron chi connectivity index (χ3n) is 2.75. The summed E-state index contributed by atoms with van der Waals surface area (Å²) in [6.07, 6.45) is 1.81. The Hall–Kier alpha value is -1.46. The van der Waals surface area contributed by atoms with Crippen LogP contribution < -0.4 is 10.6 Å². The molecule has 0 aliphatic rings. The molecule has 5 nitrogen and oxygen atoms in total. The summed E-state index contributed by atoms with van der Waals surface area (Å²) < 4.78 is 0. The summed E-state index contributed by atoms with van der Waals surface area (Å²) in [5, 5.41) is 6.61. The highest BCUT2D eigenvalue weighted by molar-refractivity contribution is 5.74. The van der Waals surface area contributed by atoms with Gasteiger partial charge >= 0.3 is 0 Å². The van der Waals surface area contributed by atoms with E-state index < -0.39 is 0 Å². The van der Waals surface area contributed by atoms with E-state index in [9.17, 15) is 0 Å². The summed E-state index contributed by atoms with van der Waals surface area (Å²) in [7, 11) is 1.96. The Bertz CT molecular complexity index is 491. The van der Waals surface area contributed by atoms with Gasteiger partial charge in [-0.05, 0) is 32.5 Å². The molecule has 0 amide bonds. The van der Waals surface area contributed by atoms with Gasteiger partial charge in [0.25, 0.3) is 0 Å². The van der Waals surface area contributed by atoms with E-state index in [1.807, 2.05) is 26.2 Å². The minimum atomic E-state index is 0.437. The highest BCUT2D eigenvalue weighted by atomic mass is 15.0. The molecule has 17 heavy (non-hydrogen) atoms. The van der Waals surface area contributed by atoms with Crippen LogP contribution >= 0.6 is 0 Å². The number of rotatable bonds is 5. The zero-order valence-corrected chi connectivity index (χ0v) is 10.5. The summed E-state index contributed by atoms with van der Waals surface area (Å²) in [5.74, 6) is 0.906. The third kappa shape index (κ3) is 2.81. The molecule has 2 heterocycles. The molecule has 0 saturated carbocycles. The van der Waals surface area contributed by atoms with E-state index in [1.54, 1.807) is 0 Å². The molecule has 1 unspecified atom stereocenters. The molecule has 92 valence electrons.